The Hall–Kier alpha value is -2.08. The van der Waals surface area contributed by atoms with Crippen molar-refractivity contribution in [2.75, 3.05) is 45.8 Å². The average Bonchev–Trinajstić information content (AvgIpc) is 2.62. The lowest BCUT2D eigenvalue weighted by molar-refractivity contribution is -0.133. The van der Waals surface area contributed by atoms with Crippen LogP contribution in [0.3, 0.4) is 0 Å². The molecule has 2 heterocycles. The molecular weight excluding hydrogens is 318 g/mol. The summed E-state index contributed by atoms with van der Waals surface area (Å²) in [4.78, 5) is 30.8. The second kappa shape index (κ2) is 7.87. The van der Waals surface area contributed by atoms with Crippen LogP contribution in [0, 0.1) is 6.92 Å². The molecule has 0 atom stereocenters. The third kappa shape index (κ3) is 4.31. The molecule has 2 saturated heterocycles. The van der Waals surface area contributed by atoms with E-state index in [9.17, 15) is 14.7 Å². The molecular formula is C19H27N3O3. The maximum absolute atomic E-state index is 12.6. The molecule has 0 spiro atoms. The Labute approximate surface area is 149 Å². The van der Waals surface area contributed by atoms with Gasteiger partial charge >= 0.3 is 0 Å². The van der Waals surface area contributed by atoms with Crippen molar-refractivity contribution in [3.05, 3.63) is 29.3 Å². The number of phenols is 1. The van der Waals surface area contributed by atoms with Crippen molar-refractivity contribution in [2.24, 2.45) is 0 Å². The summed E-state index contributed by atoms with van der Waals surface area (Å²) < 4.78 is 0. The number of carbonyl (C=O) groups excluding carboxylic acids is 2. The fourth-order valence-electron chi connectivity index (χ4n) is 3.54. The second-order valence-corrected chi connectivity index (χ2v) is 7.03. The highest BCUT2D eigenvalue weighted by molar-refractivity contribution is 5.97. The molecule has 2 aliphatic rings. The number of aryl methyl sites for hydroxylation is 1. The maximum Gasteiger partial charge on any atom is 0.257 e. The standard InChI is InChI=1S/C19H27N3O3/c1-15-5-6-16(17(23)13-15)19(25)22-11-9-20(10-12-22)14-18(24)21-7-3-2-4-8-21/h5-6,13,23H,2-4,7-12,14H2,1H3. The van der Waals surface area contributed by atoms with E-state index in [2.05, 4.69) is 4.90 Å². The highest BCUT2D eigenvalue weighted by atomic mass is 16.3. The normalized spacial score (nSPS) is 19.1. The highest BCUT2D eigenvalue weighted by Crippen LogP contribution is 2.21. The van der Waals surface area contributed by atoms with Crippen LogP contribution in [0.5, 0.6) is 5.75 Å². The van der Waals surface area contributed by atoms with Gasteiger partial charge in [0.1, 0.15) is 5.75 Å². The van der Waals surface area contributed by atoms with E-state index in [1.54, 1.807) is 17.0 Å². The molecule has 3 rings (SSSR count). The summed E-state index contributed by atoms with van der Waals surface area (Å²) in [5.74, 6) is 0.0999. The third-order valence-electron chi connectivity index (χ3n) is 5.11. The van der Waals surface area contributed by atoms with E-state index in [4.69, 9.17) is 0 Å². The van der Waals surface area contributed by atoms with Gasteiger partial charge in [-0.1, -0.05) is 6.07 Å². The molecule has 136 valence electrons. The Morgan fingerprint density at radius 1 is 0.960 bits per heavy atom. The van der Waals surface area contributed by atoms with E-state index in [1.807, 2.05) is 17.9 Å². The monoisotopic (exact) mass is 345 g/mol. The summed E-state index contributed by atoms with van der Waals surface area (Å²) >= 11 is 0. The highest BCUT2D eigenvalue weighted by Gasteiger charge is 2.26. The molecule has 0 radical (unpaired) electrons. The van der Waals surface area contributed by atoms with Gasteiger partial charge in [-0.15, -0.1) is 0 Å². The van der Waals surface area contributed by atoms with Crippen molar-refractivity contribution in [3.63, 3.8) is 0 Å². The first-order valence-corrected chi connectivity index (χ1v) is 9.13. The largest absolute Gasteiger partial charge is 0.507 e. The minimum atomic E-state index is -0.139. The zero-order valence-corrected chi connectivity index (χ0v) is 14.9. The van der Waals surface area contributed by atoms with Crippen LogP contribution >= 0.6 is 0 Å². The summed E-state index contributed by atoms with van der Waals surface area (Å²) in [5, 5.41) is 10.00. The second-order valence-electron chi connectivity index (χ2n) is 7.03. The topological polar surface area (TPSA) is 64.1 Å². The number of rotatable bonds is 3. The molecule has 1 N–H and O–H groups in total. The zero-order chi connectivity index (χ0) is 17.8. The van der Waals surface area contributed by atoms with Gasteiger partial charge in [-0.05, 0) is 43.9 Å². The quantitative estimate of drug-likeness (QED) is 0.901. The molecule has 2 aliphatic heterocycles. The van der Waals surface area contributed by atoms with Gasteiger partial charge in [0, 0.05) is 39.3 Å². The predicted molar refractivity (Wildman–Crippen MR) is 95.6 cm³/mol. The molecule has 6 nitrogen and oxygen atoms in total. The Bertz CT molecular complexity index is 633. The number of hydrogen-bond acceptors (Lipinski definition) is 4. The first kappa shape index (κ1) is 17.7. The van der Waals surface area contributed by atoms with Crippen LogP contribution in [0.4, 0.5) is 0 Å². The molecule has 1 aromatic rings. The van der Waals surface area contributed by atoms with E-state index in [0.717, 1.165) is 31.5 Å². The number of aromatic hydroxyl groups is 1. The van der Waals surface area contributed by atoms with Crippen molar-refractivity contribution in [3.8, 4) is 5.75 Å². The molecule has 0 saturated carbocycles. The van der Waals surface area contributed by atoms with Crippen LogP contribution < -0.4 is 0 Å². The van der Waals surface area contributed by atoms with Gasteiger partial charge in [-0.3, -0.25) is 14.5 Å². The Kier molecular flexibility index (Phi) is 5.58. The average molecular weight is 345 g/mol. The van der Waals surface area contributed by atoms with E-state index in [1.165, 1.54) is 6.42 Å². The minimum Gasteiger partial charge on any atom is -0.507 e. The van der Waals surface area contributed by atoms with Gasteiger partial charge < -0.3 is 14.9 Å². The van der Waals surface area contributed by atoms with Gasteiger partial charge in [0.2, 0.25) is 5.91 Å². The van der Waals surface area contributed by atoms with E-state index < -0.39 is 0 Å². The third-order valence-corrected chi connectivity index (χ3v) is 5.11. The van der Waals surface area contributed by atoms with Gasteiger partial charge in [0.15, 0.2) is 0 Å². The first-order valence-electron chi connectivity index (χ1n) is 9.13. The van der Waals surface area contributed by atoms with Crippen molar-refractivity contribution < 1.29 is 14.7 Å². The number of carbonyl (C=O) groups is 2. The number of nitrogens with zero attached hydrogens (tertiary/aromatic N) is 3. The van der Waals surface area contributed by atoms with Crippen molar-refractivity contribution >= 4 is 11.8 Å². The summed E-state index contributed by atoms with van der Waals surface area (Å²) in [5.41, 5.74) is 1.28. The lowest BCUT2D eigenvalue weighted by Crippen LogP contribution is -2.52. The first-order chi connectivity index (χ1) is 12.0. The number of benzene rings is 1. The molecule has 2 amide bonds. The maximum atomic E-state index is 12.6. The van der Waals surface area contributed by atoms with Crippen LogP contribution in [0.15, 0.2) is 18.2 Å². The lowest BCUT2D eigenvalue weighted by atomic mass is 10.1. The number of amides is 2. The number of piperidine rings is 1. The van der Waals surface area contributed by atoms with Crippen LogP contribution in [0.2, 0.25) is 0 Å². The molecule has 0 bridgehead atoms. The van der Waals surface area contributed by atoms with Crippen LogP contribution in [0.25, 0.3) is 0 Å². The van der Waals surface area contributed by atoms with Crippen LogP contribution in [-0.2, 0) is 4.79 Å². The Morgan fingerprint density at radius 2 is 1.64 bits per heavy atom. The molecule has 0 aromatic heterocycles. The molecule has 6 heteroatoms. The lowest BCUT2D eigenvalue weighted by Gasteiger charge is -2.36. The fraction of sp³-hybridized carbons (Fsp3) is 0.579. The van der Waals surface area contributed by atoms with Crippen LogP contribution in [-0.4, -0.2) is 77.4 Å². The number of hydrogen-bond donors (Lipinski definition) is 1. The zero-order valence-electron chi connectivity index (χ0n) is 14.9. The number of phenolic OH excluding ortho intramolecular Hbond substituents is 1. The fourth-order valence-corrected chi connectivity index (χ4v) is 3.54. The van der Waals surface area contributed by atoms with E-state index in [-0.39, 0.29) is 17.6 Å². The van der Waals surface area contributed by atoms with E-state index in [0.29, 0.717) is 38.3 Å². The van der Waals surface area contributed by atoms with Crippen molar-refractivity contribution in [1.29, 1.82) is 0 Å². The van der Waals surface area contributed by atoms with Gasteiger partial charge in [0.25, 0.3) is 5.91 Å². The summed E-state index contributed by atoms with van der Waals surface area (Å²) in [7, 11) is 0. The van der Waals surface area contributed by atoms with Gasteiger partial charge in [-0.2, -0.15) is 0 Å². The van der Waals surface area contributed by atoms with Crippen molar-refractivity contribution in [1.82, 2.24) is 14.7 Å². The molecule has 2 fully saturated rings. The Balaban J connectivity index is 1.51. The van der Waals surface area contributed by atoms with Gasteiger partial charge in [0.05, 0.1) is 12.1 Å². The summed E-state index contributed by atoms with van der Waals surface area (Å²) in [6.45, 7) is 6.63. The van der Waals surface area contributed by atoms with Crippen molar-refractivity contribution in [2.45, 2.75) is 26.2 Å². The summed E-state index contributed by atoms with van der Waals surface area (Å²) in [6, 6.07) is 5.13. The SMILES string of the molecule is Cc1ccc(C(=O)N2CCN(CC(=O)N3CCCCC3)CC2)c(O)c1. The molecule has 25 heavy (non-hydrogen) atoms. The predicted octanol–water partition coefficient (Wildman–Crippen LogP) is 1.47. The number of piperazine rings is 1. The molecule has 1 aromatic carbocycles. The molecule has 0 unspecified atom stereocenters. The van der Waals surface area contributed by atoms with Gasteiger partial charge in [-0.25, -0.2) is 0 Å². The number of likely N-dealkylation sites (tertiary alicyclic amines) is 1. The molecule has 0 aliphatic carbocycles. The smallest absolute Gasteiger partial charge is 0.257 e. The van der Waals surface area contributed by atoms with Crippen LogP contribution in [0.1, 0.15) is 35.2 Å². The Morgan fingerprint density at radius 3 is 2.28 bits per heavy atom. The summed E-state index contributed by atoms with van der Waals surface area (Å²) in [6.07, 6.45) is 3.43. The minimum absolute atomic E-state index is 0.0349. The van der Waals surface area contributed by atoms with E-state index >= 15 is 0 Å².